The van der Waals surface area contributed by atoms with E-state index in [4.69, 9.17) is 9.40 Å². The van der Waals surface area contributed by atoms with Gasteiger partial charge in [0.2, 0.25) is 0 Å². The largest absolute Gasteiger partial charge is 0.463 e. The Morgan fingerprint density at radius 1 is 1.38 bits per heavy atom. The molecule has 0 radical (unpaired) electrons. The third-order valence-electron chi connectivity index (χ3n) is 5.18. The van der Waals surface area contributed by atoms with Crippen molar-refractivity contribution in [1.29, 1.82) is 0 Å². The molecule has 2 atom stereocenters. The normalized spacial score (nSPS) is 18.9. The predicted octanol–water partition coefficient (Wildman–Crippen LogP) is 3.84. The number of amides is 1. The number of halogens is 2. The van der Waals surface area contributed by atoms with E-state index in [2.05, 4.69) is 22.7 Å². The van der Waals surface area contributed by atoms with Crippen LogP contribution in [0.25, 0.3) is 22.5 Å². The number of carbonyl (C=O) groups excluding carboxylic acids is 1. The lowest BCUT2D eigenvalue weighted by molar-refractivity contribution is 0.0916. The molecule has 0 aromatic carbocycles. The molecular weight excluding hydrogens is 413 g/mol. The van der Waals surface area contributed by atoms with Crippen LogP contribution < -0.4 is 10.6 Å². The third-order valence-corrected chi connectivity index (χ3v) is 5.18. The van der Waals surface area contributed by atoms with Gasteiger partial charge in [-0.15, -0.1) is 24.8 Å². The Bertz CT molecular complexity index is 955. The molecular formula is C20H27Cl2N5O2. The summed E-state index contributed by atoms with van der Waals surface area (Å²) in [5, 5.41) is 11.8. The summed E-state index contributed by atoms with van der Waals surface area (Å²) in [6.45, 7) is 8.09. The van der Waals surface area contributed by atoms with Crippen LogP contribution in [0.3, 0.4) is 0 Å². The van der Waals surface area contributed by atoms with Crippen molar-refractivity contribution in [1.82, 2.24) is 25.4 Å². The van der Waals surface area contributed by atoms with Crippen LogP contribution >= 0.6 is 24.8 Å². The van der Waals surface area contributed by atoms with E-state index >= 15 is 0 Å². The summed E-state index contributed by atoms with van der Waals surface area (Å²) >= 11 is 0. The second kappa shape index (κ2) is 9.61. The van der Waals surface area contributed by atoms with Crippen LogP contribution in [-0.2, 0) is 0 Å². The fraction of sp³-hybridized carbons (Fsp3) is 0.450. The topological polar surface area (TPSA) is 85.0 Å². The van der Waals surface area contributed by atoms with Gasteiger partial charge in [0.1, 0.15) is 5.69 Å². The second-order valence-electron chi connectivity index (χ2n) is 7.50. The number of aromatic nitrogens is 3. The molecule has 158 valence electrons. The lowest BCUT2D eigenvalue weighted by atomic mass is 9.95. The molecule has 3 aromatic rings. The summed E-state index contributed by atoms with van der Waals surface area (Å²) in [5.41, 5.74) is 1.92. The van der Waals surface area contributed by atoms with Crippen LogP contribution in [0.5, 0.6) is 0 Å². The summed E-state index contributed by atoms with van der Waals surface area (Å²) < 4.78 is 7.35. The fourth-order valence-electron chi connectivity index (χ4n) is 3.61. The maximum absolute atomic E-state index is 13.1. The lowest BCUT2D eigenvalue weighted by Gasteiger charge is -2.30. The van der Waals surface area contributed by atoms with E-state index in [1.54, 1.807) is 18.5 Å². The van der Waals surface area contributed by atoms with Crippen LogP contribution in [0.4, 0.5) is 0 Å². The van der Waals surface area contributed by atoms with Crippen LogP contribution in [0, 0.1) is 5.92 Å². The summed E-state index contributed by atoms with van der Waals surface area (Å²) in [6, 6.07) is 5.77. The minimum Gasteiger partial charge on any atom is -0.463 e. The molecule has 0 saturated carbocycles. The van der Waals surface area contributed by atoms with Crippen molar-refractivity contribution in [2.75, 3.05) is 13.1 Å². The summed E-state index contributed by atoms with van der Waals surface area (Å²) in [5.74, 6) is 0.943. The number of carbonyl (C=O) groups is 1. The van der Waals surface area contributed by atoms with E-state index in [9.17, 15) is 4.79 Å². The lowest BCUT2D eigenvalue weighted by Crippen LogP contribution is -2.48. The standard InChI is InChI=1S/C20H25N5O2.2ClH/c1-12(2)25-19-15(11-22-25)14(9-17(23-19)18-5-4-8-27-18)20(26)24-16-6-7-21-10-13(16)3;;/h4-5,8-9,11-13,16,21H,6-7,10H2,1-3H3,(H,24,26);2*1H. The van der Waals surface area contributed by atoms with Crippen molar-refractivity contribution in [3.63, 3.8) is 0 Å². The first kappa shape index (κ1) is 23.2. The van der Waals surface area contributed by atoms with Crippen LogP contribution in [0.15, 0.2) is 35.1 Å². The Morgan fingerprint density at radius 2 is 2.17 bits per heavy atom. The highest BCUT2D eigenvalue weighted by Gasteiger charge is 2.25. The number of pyridine rings is 1. The van der Waals surface area contributed by atoms with E-state index in [1.807, 2.05) is 30.7 Å². The summed E-state index contributed by atoms with van der Waals surface area (Å²) in [6.07, 6.45) is 4.27. The molecule has 0 aliphatic carbocycles. The first-order valence-electron chi connectivity index (χ1n) is 9.48. The average molecular weight is 440 g/mol. The van der Waals surface area contributed by atoms with Gasteiger partial charge in [0.05, 0.1) is 23.4 Å². The third kappa shape index (κ3) is 4.57. The van der Waals surface area contributed by atoms with Crippen LogP contribution in [0.1, 0.15) is 43.6 Å². The maximum atomic E-state index is 13.1. The van der Waals surface area contributed by atoms with Crippen molar-refractivity contribution < 1.29 is 9.21 Å². The van der Waals surface area contributed by atoms with Gasteiger partial charge in [0.15, 0.2) is 11.4 Å². The van der Waals surface area contributed by atoms with Crippen molar-refractivity contribution in [2.24, 2.45) is 5.92 Å². The van der Waals surface area contributed by atoms with Gasteiger partial charge in [0, 0.05) is 12.1 Å². The molecule has 2 unspecified atom stereocenters. The molecule has 4 rings (SSSR count). The number of hydrogen-bond donors (Lipinski definition) is 2. The zero-order valence-corrected chi connectivity index (χ0v) is 18.3. The Morgan fingerprint density at radius 3 is 2.83 bits per heavy atom. The van der Waals surface area contributed by atoms with Crippen LogP contribution in [0.2, 0.25) is 0 Å². The number of nitrogens with one attached hydrogen (secondary N) is 2. The molecule has 9 heteroatoms. The van der Waals surface area contributed by atoms with Gasteiger partial charge < -0.3 is 15.1 Å². The van der Waals surface area contributed by atoms with Gasteiger partial charge in [-0.25, -0.2) is 9.67 Å². The highest BCUT2D eigenvalue weighted by atomic mass is 35.5. The van der Waals surface area contributed by atoms with Crippen molar-refractivity contribution >= 4 is 41.8 Å². The first-order valence-corrected chi connectivity index (χ1v) is 9.48. The molecule has 2 N–H and O–H groups in total. The van der Waals surface area contributed by atoms with Crippen molar-refractivity contribution in [2.45, 2.75) is 39.3 Å². The number of piperidine rings is 1. The summed E-state index contributed by atoms with van der Waals surface area (Å²) in [4.78, 5) is 17.9. The molecule has 4 heterocycles. The molecule has 1 amide bonds. The number of furan rings is 1. The molecule has 29 heavy (non-hydrogen) atoms. The van der Waals surface area contributed by atoms with Gasteiger partial charge in [-0.1, -0.05) is 6.92 Å². The molecule has 1 aliphatic rings. The molecule has 0 bridgehead atoms. The van der Waals surface area contributed by atoms with E-state index in [0.717, 1.165) is 24.9 Å². The van der Waals surface area contributed by atoms with Crippen LogP contribution in [-0.4, -0.2) is 39.8 Å². The fourth-order valence-corrected chi connectivity index (χ4v) is 3.61. The predicted molar refractivity (Wildman–Crippen MR) is 118 cm³/mol. The Hall–Kier alpha value is -2.09. The number of rotatable bonds is 4. The van der Waals surface area contributed by atoms with E-state index < -0.39 is 0 Å². The molecule has 1 saturated heterocycles. The van der Waals surface area contributed by atoms with Crippen molar-refractivity contribution in [3.8, 4) is 11.5 Å². The Labute approximate surface area is 182 Å². The van der Waals surface area contributed by atoms with Gasteiger partial charge in [0.25, 0.3) is 5.91 Å². The molecule has 1 fully saturated rings. The quantitative estimate of drug-likeness (QED) is 0.644. The van der Waals surface area contributed by atoms with Crippen molar-refractivity contribution in [3.05, 3.63) is 36.2 Å². The van der Waals surface area contributed by atoms with Gasteiger partial charge in [-0.05, 0) is 57.5 Å². The molecule has 1 aliphatic heterocycles. The molecule has 0 spiro atoms. The van der Waals surface area contributed by atoms with E-state index in [1.165, 1.54) is 0 Å². The Kier molecular flexibility index (Phi) is 7.68. The first-order chi connectivity index (χ1) is 13.0. The van der Waals surface area contributed by atoms with E-state index in [0.29, 0.717) is 28.6 Å². The average Bonchev–Trinajstić information content (AvgIpc) is 3.32. The second-order valence-corrected chi connectivity index (χ2v) is 7.50. The maximum Gasteiger partial charge on any atom is 0.252 e. The highest BCUT2D eigenvalue weighted by Crippen LogP contribution is 2.27. The minimum absolute atomic E-state index is 0. The smallest absolute Gasteiger partial charge is 0.252 e. The van der Waals surface area contributed by atoms with Gasteiger partial charge in [-0.2, -0.15) is 5.10 Å². The Balaban J connectivity index is 0.00000150. The number of hydrogen-bond acceptors (Lipinski definition) is 5. The molecule has 3 aromatic heterocycles. The number of fused-ring (bicyclic) bond motifs is 1. The van der Waals surface area contributed by atoms with E-state index in [-0.39, 0.29) is 42.8 Å². The monoisotopic (exact) mass is 439 g/mol. The SMILES string of the molecule is CC1CNCCC1NC(=O)c1cc(-c2ccco2)nc2c1cnn2C(C)C.Cl.Cl. The number of nitrogens with zero attached hydrogens (tertiary/aromatic N) is 3. The van der Waals surface area contributed by atoms with Gasteiger partial charge >= 0.3 is 0 Å². The molecule has 7 nitrogen and oxygen atoms in total. The zero-order chi connectivity index (χ0) is 19.0. The summed E-state index contributed by atoms with van der Waals surface area (Å²) in [7, 11) is 0. The minimum atomic E-state index is -0.0859. The van der Waals surface area contributed by atoms with Gasteiger partial charge in [-0.3, -0.25) is 4.79 Å². The zero-order valence-electron chi connectivity index (χ0n) is 16.7. The highest BCUT2D eigenvalue weighted by molar-refractivity contribution is 6.06.